The van der Waals surface area contributed by atoms with Crippen LogP contribution in [0.15, 0.2) is 41.6 Å². The lowest BCUT2D eigenvalue weighted by Gasteiger charge is -2.27. The van der Waals surface area contributed by atoms with Crippen molar-refractivity contribution in [3.63, 3.8) is 0 Å². The summed E-state index contributed by atoms with van der Waals surface area (Å²) in [5.74, 6) is 0. The number of hydrogen-bond acceptors (Lipinski definition) is 1. The van der Waals surface area contributed by atoms with Gasteiger partial charge in [-0.05, 0) is 25.0 Å². The van der Waals surface area contributed by atoms with E-state index in [0.29, 0.717) is 0 Å². The molecular weight excluding hydrogens is 212 g/mol. The van der Waals surface area contributed by atoms with Gasteiger partial charge >= 0.3 is 6.03 Å². The quantitative estimate of drug-likeness (QED) is 0.766. The Kier molecular flexibility index (Phi) is 4.76. The van der Waals surface area contributed by atoms with Gasteiger partial charge in [-0.15, -0.1) is 0 Å². The number of allylic oxidation sites excluding steroid dienone is 1. The number of carbonyl (C=O) groups excluding carboxylic acids is 1. The van der Waals surface area contributed by atoms with Crippen molar-refractivity contribution in [3.05, 3.63) is 47.2 Å². The Morgan fingerprint density at radius 3 is 2.24 bits per heavy atom. The van der Waals surface area contributed by atoms with Crippen LogP contribution < -0.4 is 10.6 Å². The normalized spacial score (nSPS) is 18.8. The minimum absolute atomic E-state index is 0.0000463. The maximum atomic E-state index is 11.3. The molecule has 1 heterocycles. The number of hydrogen-bond donors (Lipinski definition) is 2. The standard InChI is InChI=1S/C12H14N2O.C2H6/c1-8-9(2)13-12(15)14-11(8)10-6-4-3-5-7-10;1-2/h3-7,11H,1-2H3,(H2,13,14,15);1-2H3. The molecule has 2 N–H and O–H groups in total. The van der Waals surface area contributed by atoms with E-state index < -0.39 is 0 Å². The second kappa shape index (κ2) is 6.09. The predicted octanol–water partition coefficient (Wildman–Crippen LogP) is 3.36. The van der Waals surface area contributed by atoms with Gasteiger partial charge < -0.3 is 10.6 Å². The summed E-state index contributed by atoms with van der Waals surface area (Å²) in [4.78, 5) is 11.3. The average Bonchev–Trinajstić information content (AvgIpc) is 2.37. The lowest BCUT2D eigenvalue weighted by atomic mass is 9.97. The SMILES string of the molecule is CC.CC1=C(C)C(c2ccccc2)NC(=O)N1. The molecule has 92 valence electrons. The maximum Gasteiger partial charge on any atom is 0.319 e. The molecule has 0 bridgehead atoms. The fraction of sp³-hybridized carbons (Fsp3) is 0.357. The Balaban J connectivity index is 0.000000686. The molecule has 1 unspecified atom stereocenters. The molecule has 1 aromatic rings. The molecule has 0 spiro atoms. The van der Waals surface area contributed by atoms with Gasteiger partial charge in [-0.1, -0.05) is 44.2 Å². The predicted molar refractivity (Wildman–Crippen MR) is 70.6 cm³/mol. The van der Waals surface area contributed by atoms with Crippen molar-refractivity contribution in [3.8, 4) is 0 Å². The monoisotopic (exact) mass is 232 g/mol. The average molecular weight is 232 g/mol. The molecule has 0 fully saturated rings. The zero-order chi connectivity index (χ0) is 12.8. The first-order valence-electron chi connectivity index (χ1n) is 5.98. The highest BCUT2D eigenvalue weighted by atomic mass is 16.2. The molecule has 3 heteroatoms. The molecule has 1 aliphatic heterocycles. The second-order valence-electron chi connectivity index (χ2n) is 3.75. The van der Waals surface area contributed by atoms with Crippen molar-refractivity contribution >= 4 is 6.03 Å². The van der Waals surface area contributed by atoms with Crippen molar-refractivity contribution in [1.29, 1.82) is 0 Å². The van der Waals surface area contributed by atoms with E-state index in [1.165, 1.54) is 0 Å². The Bertz CT molecular complexity index is 409. The maximum absolute atomic E-state index is 11.3. The molecule has 3 nitrogen and oxygen atoms in total. The fourth-order valence-electron chi connectivity index (χ4n) is 1.74. The minimum atomic E-state index is -0.132. The highest BCUT2D eigenvalue weighted by Crippen LogP contribution is 2.25. The van der Waals surface area contributed by atoms with E-state index in [0.717, 1.165) is 16.8 Å². The van der Waals surface area contributed by atoms with E-state index in [4.69, 9.17) is 0 Å². The Labute approximate surface area is 103 Å². The largest absolute Gasteiger partial charge is 0.327 e. The van der Waals surface area contributed by atoms with Gasteiger partial charge in [-0.3, -0.25) is 0 Å². The summed E-state index contributed by atoms with van der Waals surface area (Å²) in [6.07, 6.45) is 0. The van der Waals surface area contributed by atoms with Gasteiger partial charge in [0.15, 0.2) is 0 Å². The molecule has 2 amide bonds. The van der Waals surface area contributed by atoms with Crippen LogP contribution in [-0.2, 0) is 0 Å². The molecule has 17 heavy (non-hydrogen) atoms. The third-order valence-electron chi connectivity index (χ3n) is 2.73. The van der Waals surface area contributed by atoms with Gasteiger partial charge in [0.25, 0.3) is 0 Å². The summed E-state index contributed by atoms with van der Waals surface area (Å²) in [6.45, 7) is 7.95. The topological polar surface area (TPSA) is 41.1 Å². The molecule has 2 rings (SSSR count). The molecule has 0 saturated heterocycles. The molecular formula is C14H20N2O. The van der Waals surface area contributed by atoms with Gasteiger partial charge in [0.1, 0.15) is 0 Å². The molecule has 0 aliphatic carbocycles. The summed E-state index contributed by atoms with van der Waals surface area (Å²) in [5, 5.41) is 5.66. The van der Waals surface area contributed by atoms with Crippen LogP contribution in [0.3, 0.4) is 0 Å². The van der Waals surface area contributed by atoms with Crippen LogP contribution >= 0.6 is 0 Å². The van der Waals surface area contributed by atoms with E-state index in [1.807, 2.05) is 58.0 Å². The minimum Gasteiger partial charge on any atom is -0.327 e. The number of urea groups is 1. The Hall–Kier alpha value is -1.77. The van der Waals surface area contributed by atoms with E-state index >= 15 is 0 Å². The van der Waals surface area contributed by atoms with Crippen molar-refractivity contribution in [2.24, 2.45) is 0 Å². The van der Waals surface area contributed by atoms with Crippen LogP contribution in [0.4, 0.5) is 4.79 Å². The van der Waals surface area contributed by atoms with Gasteiger partial charge in [0.2, 0.25) is 0 Å². The zero-order valence-electron chi connectivity index (χ0n) is 10.9. The highest BCUT2D eigenvalue weighted by Gasteiger charge is 2.22. The van der Waals surface area contributed by atoms with Gasteiger partial charge in [0, 0.05) is 5.70 Å². The molecule has 0 radical (unpaired) electrons. The van der Waals surface area contributed by atoms with Crippen LogP contribution in [0.5, 0.6) is 0 Å². The van der Waals surface area contributed by atoms with Crippen LogP contribution in [0.25, 0.3) is 0 Å². The first-order chi connectivity index (χ1) is 8.18. The molecule has 1 aliphatic rings. The van der Waals surface area contributed by atoms with Crippen LogP contribution in [0.2, 0.25) is 0 Å². The molecule has 0 aromatic heterocycles. The summed E-state index contributed by atoms with van der Waals surface area (Å²) < 4.78 is 0. The lowest BCUT2D eigenvalue weighted by molar-refractivity contribution is 0.238. The van der Waals surface area contributed by atoms with Crippen LogP contribution in [-0.4, -0.2) is 6.03 Å². The third-order valence-corrected chi connectivity index (χ3v) is 2.73. The molecule has 1 atom stereocenters. The van der Waals surface area contributed by atoms with E-state index in [9.17, 15) is 4.79 Å². The van der Waals surface area contributed by atoms with Crippen molar-refractivity contribution in [1.82, 2.24) is 10.6 Å². The van der Waals surface area contributed by atoms with E-state index in [2.05, 4.69) is 10.6 Å². The summed E-state index contributed by atoms with van der Waals surface area (Å²) in [5.41, 5.74) is 3.21. The summed E-state index contributed by atoms with van der Waals surface area (Å²) in [6, 6.07) is 9.84. The van der Waals surface area contributed by atoms with Crippen molar-refractivity contribution < 1.29 is 4.79 Å². The highest BCUT2D eigenvalue weighted by molar-refractivity contribution is 5.78. The number of rotatable bonds is 1. The number of benzene rings is 1. The van der Waals surface area contributed by atoms with Crippen molar-refractivity contribution in [2.75, 3.05) is 0 Å². The summed E-state index contributed by atoms with van der Waals surface area (Å²) >= 11 is 0. The third kappa shape index (κ3) is 3.09. The van der Waals surface area contributed by atoms with E-state index in [1.54, 1.807) is 0 Å². The first kappa shape index (κ1) is 13.3. The van der Waals surface area contributed by atoms with E-state index in [-0.39, 0.29) is 12.1 Å². The summed E-state index contributed by atoms with van der Waals surface area (Å²) in [7, 11) is 0. The molecule has 0 saturated carbocycles. The smallest absolute Gasteiger partial charge is 0.319 e. The first-order valence-corrected chi connectivity index (χ1v) is 5.98. The lowest BCUT2D eigenvalue weighted by Crippen LogP contribution is -2.42. The fourth-order valence-corrected chi connectivity index (χ4v) is 1.74. The van der Waals surface area contributed by atoms with Crippen LogP contribution in [0.1, 0.15) is 39.3 Å². The Morgan fingerprint density at radius 2 is 1.65 bits per heavy atom. The zero-order valence-corrected chi connectivity index (χ0v) is 10.9. The van der Waals surface area contributed by atoms with Crippen molar-refractivity contribution in [2.45, 2.75) is 33.7 Å². The second-order valence-corrected chi connectivity index (χ2v) is 3.75. The molecule has 1 aromatic carbocycles. The van der Waals surface area contributed by atoms with Gasteiger partial charge in [-0.25, -0.2) is 4.79 Å². The van der Waals surface area contributed by atoms with Gasteiger partial charge in [-0.2, -0.15) is 0 Å². The number of carbonyl (C=O) groups is 1. The Morgan fingerprint density at radius 1 is 1.06 bits per heavy atom. The number of amides is 2. The van der Waals surface area contributed by atoms with Crippen LogP contribution in [0, 0.1) is 0 Å². The number of nitrogens with one attached hydrogen (secondary N) is 2. The van der Waals surface area contributed by atoms with Gasteiger partial charge in [0.05, 0.1) is 6.04 Å².